The van der Waals surface area contributed by atoms with Gasteiger partial charge in [0.2, 0.25) is 0 Å². The smallest absolute Gasteiger partial charge is 0.0565 e. The molecule has 0 radical (unpaired) electrons. The largest absolute Gasteiger partial charge is 0.329 e. The molecule has 2 N–H and O–H groups in total. The zero-order valence-electron chi connectivity index (χ0n) is 14.1. The van der Waals surface area contributed by atoms with Crippen LogP contribution in [0, 0.1) is 0 Å². The molecule has 0 saturated carbocycles. The minimum Gasteiger partial charge on any atom is -0.329 e. The van der Waals surface area contributed by atoms with Crippen molar-refractivity contribution < 1.29 is 0 Å². The van der Waals surface area contributed by atoms with Gasteiger partial charge >= 0.3 is 0 Å². The third-order valence-corrected chi connectivity index (χ3v) is 5.92. The molecule has 1 unspecified atom stereocenters. The monoisotopic (exact) mass is 309 g/mol. The molecule has 1 aromatic rings. The van der Waals surface area contributed by atoms with Crippen molar-refractivity contribution in [2.24, 2.45) is 5.73 Å². The molecule has 1 fully saturated rings. The zero-order chi connectivity index (χ0) is 15.5. The lowest BCUT2D eigenvalue weighted by Gasteiger charge is -2.38. The molecule has 2 rings (SSSR count). The third kappa shape index (κ3) is 4.28. The first kappa shape index (κ1) is 16.9. The number of thiophene rings is 1. The van der Waals surface area contributed by atoms with Gasteiger partial charge in [-0.15, -0.1) is 11.3 Å². The summed E-state index contributed by atoms with van der Waals surface area (Å²) in [5, 5.41) is 0. The van der Waals surface area contributed by atoms with Gasteiger partial charge in [0.25, 0.3) is 0 Å². The van der Waals surface area contributed by atoms with Crippen molar-refractivity contribution in [3.05, 3.63) is 21.9 Å². The highest BCUT2D eigenvalue weighted by Crippen LogP contribution is 2.34. The fraction of sp³-hybridized carbons (Fsp3) is 0.765. The van der Waals surface area contributed by atoms with Crippen LogP contribution in [0.1, 0.15) is 49.9 Å². The minimum atomic E-state index is 0.238. The average Bonchev–Trinajstić information content (AvgIpc) is 2.91. The van der Waals surface area contributed by atoms with Crippen LogP contribution in [0.15, 0.2) is 12.1 Å². The lowest BCUT2D eigenvalue weighted by atomic mass is 9.95. The maximum absolute atomic E-state index is 6.10. The van der Waals surface area contributed by atoms with Crippen LogP contribution in [0.3, 0.4) is 0 Å². The van der Waals surface area contributed by atoms with Crippen LogP contribution < -0.4 is 5.73 Å². The molecular weight excluding hydrogens is 278 g/mol. The normalized spacial score (nSPS) is 19.9. The van der Waals surface area contributed by atoms with Gasteiger partial charge < -0.3 is 10.6 Å². The molecular formula is C17H31N3S. The maximum Gasteiger partial charge on any atom is 0.0565 e. The Morgan fingerprint density at radius 3 is 2.33 bits per heavy atom. The molecule has 1 aliphatic heterocycles. The summed E-state index contributed by atoms with van der Waals surface area (Å²) >= 11 is 1.94. The molecule has 0 spiro atoms. The second kappa shape index (κ2) is 7.23. The van der Waals surface area contributed by atoms with Gasteiger partial charge in [-0.2, -0.15) is 0 Å². The van der Waals surface area contributed by atoms with E-state index in [9.17, 15) is 0 Å². The van der Waals surface area contributed by atoms with Crippen LogP contribution in [0.5, 0.6) is 0 Å². The van der Waals surface area contributed by atoms with Crippen molar-refractivity contribution in [2.75, 3.05) is 39.3 Å². The summed E-state index contributed by atoms with van der Waals surface area (Å²) in [4.78, 5) is 8.04. The number of nitrogens with zero attached hydrogens (tertiary/aromatic N) is 2. The Morgan fingerprint density at radius 2 is 1.86 bits per heavy atom. The van der Waals surface area contributed by atoms with Gasteiger partial charge in [0.05, 0.1) is 6.04 Å². The number of hydrogen-bond donors (Lipinski definition) is 1. The van der Waals surface area contributed by atoms with E-state index in [1.165, 1.54) is 35.8 Å². The second-order valence-electron chi connectivity index (χ2n) is 7.08. The summed E-state index contributed by atoms with van der Waals surface area (Å²) in [6.07, 6.45) is 1.25. The second-order valence-corrected chi connectivity index (χ2v) is 8.20. The Kier molecular flexibility index (Phi) is 5.83. The molecule has 1 atom stereocenters. The van der Waals surface area contributed by atoms with Crippen molar-refractivity contribution >= 4 is 11.3 Å². The molecule has 120 valence electrons. The van der Waals surface area contributed by atoms with Gasteiger partial charge in [-0.05, 0) is 30.5 Å². The predicted octanol–water partition coefficient (Wildman–Crippen LogP) is 3.07. The highest BCUT2D eigenvalue weighted by atomic mass is 32.1. The van der Waals surface area contributed by atoms with E-state index in [2.05, 4.69) is 49.6 Å². The van der Waals surface area contributed by atoms with Crippen LogP contribution in [0.4, 0.5) is 0 Å². The molecule has 0 aliphatic carbocycles. The van der Waals surface area contributed by atoms with Gasteiger partial charge in [0.15, 0.2) is 0 Å². The van der Waals surface area contributed by atoms with Crippen molar-refractivity contribution in [2.45, 2.75) is 45.6 Å². The highest BCUT2D eigenvalue weighted by molar-refractivity contribution is 7.12. The molecule has 1 aromatic heterocycles. The first-order chi connectivity index (χ1) is 9.95. The Labute approximate surface area is 134 Å². The van der Waals surface area contributed by atoms with Crippen molar-refractivity contribution in [3.63, 3.8) is 0 Å². The quantitative estimate of drug-likeness (QED) is 0.907. The van der Waals surface area contributed by atoms with E-state index in [0.717, 1.165) is 19.6 Å². The fourth-order valence-corrected chi connectivity index (χ4v) is 4.21. The van der Waals surface area contributed by atoms with E-state index in [4.69, 9.17) is 5.73 Å². The summed E-state index contributed by atoms with van der Waals surface area (Å²) < 4.78 is 0. The molecule has 21 heavy (non-hydrogen) atoms. The van der Waals surface area contributed by atoms with E-state index in [0.29, 0.717) is 6.04 Å². The minimum absolute atomic E-state index is 0.238. The Morgan fingerprint density at radius 1 is 1.19 bits per heavy atom. The van der Waals surface area contributed by atoms with Gasteiger partial charge in [-0.25, -0.2) is 0 Å². The summed E-state index contributed by atoms with van der Waals surface area (Å²) in [6, 6.07) is 4.98. The van der Waals surface area contributed by atoms with Crippen molar-refractivity contribution in [1.29, 1.82) is 0 Å². The molecule has 1 aliphatic rings. The standard InChI is InChI=1S/C17H31N3S/c1-5-8-19-9-11-20(12-10-19)14(13-18)15-6-7-16(21-15)17(2,3)4/h6-7,14H,5,8-13,18H2,1-4H3. The molecule has 4 heteroatoms. The molecule has 1 saturated heterocycles. The van der Waals surface area contributed by atoms with Gasteiger partial charge in [-0.3, -0.25) is 4.90 Å². The van der Waals surface area contributed by atoms with Gasteiger partial charge in [-0.1, -0.05) is 27.7 Å². The molecule has 0 amide bonds. The lowest BCUT2D eigenvalue weighted by Crippen LogP contribution is -2.48. The molecule has 2 heterocycles. The van der Waals surface area contributed by atoms with Gasteiger partial charge in [0.1, 0.15) is 0 Å². The summed E-state index contributed by atoms with van der Waals surface area (Å²) in [5.41, 5.74) is 6.34. The topological polar surface area (TPSA) is 32.5 Å². The number of nitrogens with two attached hydrogens (primary N) is 1. The first-order valence-corrected chi connectivity index (χ1v) is 9.04. The van der Waals surface area contributed by atoms with E-state index in [1.54, 1.807) is 0 Å². The van der Waals surface area contributed by atoms with E-state index in [1.807, 2.05) is 11.3 Å². The third-order valence-electron chi connectivity index (χ3n) is 4.31. The van der Waals surface area contributed by atoms with Crippen LogP contribution in [-0.2, 0) is 5.41 Å². The molecule has 0 aromatic carbocycles. The first-order valence-electron chi connectivity index (χ1n) is 8.22. The SMILES string of the molecule is CCCN1CCN(C(CN)c2ccc(C(C)(C)C)s2)CC1. The van der Waals surface area contributed by atoms with Crippen LogP contribution >= 0.6 is 11.3 Å². The number of piperazine rings is 1. The summed E-state index contributed by atoms with van der Waals surface area (Å²) in [7, 11) is 0. The molecule has 0 bridgehead atoms. The van der Waals surface area contributed by atoms with Crippen LogP contribution in [-0.4, -0.2) is 49.1 Å². The van der Waals surface area contributed by atoms with Crippen LogP contribution in [0.25, 0.3) is 0 Å². The van der Waals surface area contributed by atoms with E-state index in [-0.39, 0.29) is 5.41 Å². The number of rotatable bonds is 5. The molecule has 3 nitrogen and oxygen atoms in total. The zero-order valence-corrected chi connectivity index (χ0v) is 14.9. The van der Waals surface area contributed by atoms with Gasteiger partial charge in [0, 0.05) is 42.5 Å². The predicted molar refractivity (Wildman–Crippen MR) is 93.1 cm³/mol. The summed E-state index contributed by atoms with van der Waals surface area (Å²) in [6.45, 7) is 15.7. The summed E-state index contributed by atoms with van der Waals surface area (Å²) in [5.74, 6) is 0. The maximum atomic E-state index is 6.10. The highest BCUT2D eigenvalue weighted by Gasteiger charge is 2.26. The van der Waals surface area contributed by atoms with E-state index < -0.39 is 0 Å². The van der Waals surface area contributed by atoms with E-state index >= 15 is 0 Å². The van der Waals surface area contributed by atoms with Crippen molar-refractivity contribution in [3.8, 4) is 0 Å². The Hall–Kier alpha value is -0.420. The fourth-order valence-electron chi connectivity index (χ4n) is 3.00. The van der Waals surface area contributed by atoms with Crippen molar-refractivity contribution in [1.82, 2.24) is 9.80 Å². The van der Waals surface area contributed by atoms with Crippen LogP contribution in [0.2, 0.25) is 0 Å². The average molecular weight is 310 g/mol. The lowest BCUT2D eigenvalue weighted by molar-refractivity contribution is 0.0998. The Bertz CT molecular complexity index is 427. The number of hydrogen-bond acceptors (Lipinski definition) is 4. The Balaban J connectivity index is 2.02.